The lowest BCUT2D eigenvalue weighted by atomic mass is 10.1. The zero-order valence-electron chi connectivity index (χ0n) is 11.3. The summed E-state index contributed by atoms with van der Waals surface area (Å²) < 4.78 is 40.0. The van der Waals surface area contributed by atoms with E-state index in [1.54, 1.807) is 13.8 Å². The molecule has 0 fully saturated rings. The molecule has 0 amide bonds. The molecule has 0 radical (unpaired) electrons. The van der Waals surface area contributed by atoms with E-state index in [9.17, 15) is 12.8 Å². The molecule has 0 spiro atoms. The first-order valence-corrected chi connectivity index (χ1v) is 8.10. The highest BCUT2D eigenvalue weighted by Gasteiger charge is 2.20. The molecule has 1 aromatic carbocycles. The minimum Gasteiger partial charge on any atom is -0.211 e. The predicted molar refractivity (Wildman–Crippen MR) is 75.6 cm³/mol. The summed E-state index contributed by atoms with van der Waals surface area (Å²) in [4.78, 5) is 0.150. The molecule has 19 heavy (non-hydrogen) atoms. The summed E-state index contributed by atoms with van der Waals surface area (Å²) >= 11 is 5.94. The zero-order chi connectivity index (χ0) is 14.6. The van der Waals surface area contributed by atoms with Crippen LogP contribution < -0.4 is 4.72 Å². The Labute approximate surface area is 119 Å². The molecular weight excluding hydrogens is 289 g/mol. The van der Waals surface area contributed by atoms with Crippen molar-refractivity contribution < 1.29 is 12.8 Å². The lowest BCUT2D eigenvalue weighted by molar-refractivity contribution is 0.574. The molecule has 0 saturated heterocycles. The van der Waals surface area contributed by atoms with Gasteiger partial charge in [0.1, 0.15) is 5.82 Å². The quantitative estimate of drug-likeness (QED) is 0.821. The normalized spacial score (nSPS) is 13.5. The van der Waals surface area contributed by atoms with Gasteiger partial charge < -0.3 is 0 Å². The first-order valence-electron chi connectivity index (χ1n) is 6.18. The fourth-order valence-electron chi connectivity index (χ4n) is 1.95. The number of alkyl halides is 1. The molecular formula is C13H19ClFNO2S. The minimum atomic E-state index is -3.62. The summed E-state index contributed by atoms with van der Waals surface area (Å²) in [5.41, 5.74) is 0.811. The summed E-state index contributed by atoms with van der Waals surface area (Å²) in [6, 6.07) is 2.44. The predicted octanol–water partition coefficient (Wildman–Crippen LogP) is 3.13. The number of rotatable bonds is 6. The van der Waals surface area contributed by atoms with Crippen LogP contribution in [0.1, 0.15) is 30.9 Å². The Morgan fingerprint density at radius 1 is 1.32 bits per heavy atom. The number of benzene rings is 1. The summed E-state index contributed by atoms with van der Waals surface area (Å²) in [5.74, 6) is -0.430. The van der Waals surface area contributed by atoms with Gasteiger partial charge in [-0.1, -0.05) is 6.92 Å². The van der Waals surface area contributed by atoms with Crippen molar-refractivity contribution in [3.05, 3.63) is 29.1 Å². The summed E-state index contributed by atoms with van der Waals surface area (Å²) in [6.07, 6.45) is 1.36. The molecule has 0 aliphatic heterocycles. The van der Waals surface area contributed by atoms with Crippen LogP contribution in [0.2, 0.25) is 0 Å². The number of halogens is 2. The van der Waals surface area contributed by atoms with Crippen LogP contribution in [-0.2, 0) is 10.0 Å². The molecule has 1 atom stereocenters. The van der Waals surface area contributed by atoms with Gasteiger partial charge in [0.2, 0.25) is 10.0 Å². The third-order valence-electron chi connectivity index (χ3n) is 2.89. The van der Waals surface area contributed by atoms with E-state index in [-0.39, 0.29) is 16.8 Å². The first-order chi connectivity index (χ1) is 8.77. The van der Waals surface area contributed by atoms with Crippen LogP contribution in [0.5, 0.6) is 0 Å². The number of hydrogen-bond donors (Lipinski definition) is 1. The summed E-state index contributed by atoms with van der Waals surface area (Å²) in [6.45, 7) is 5.39. The van der Waals surface area contributed by atoms with E-state index in [0.29, 0.717) is 17.5 Å². The first kappa shape index (κ1) is 16.4. The van der Waals surface area contributed by atoms with Gasteiger partial charge >= 0.3 is 0 Å². The van der Waals surface area contributed by atoms with Crippen molar-refractivity contribution in [1.29, 1.82) is 0 Å². The Balaban J connectivity index is 2.89. The van der Waals surface area contributed by atoms with Crippen molar-refractivity contribution in [3.63, 3.8) is 0 Å². The third-order valence-corrected chi connectivity index (χ3v) is 5.18. The highest BCUT2D eigenvalue weighted by atomic mass is 35.5. The highest BCUT2D eigenvalue weighted by Crippen LogP contribution is 2.21. The van der Waals surface area contributed by atoms with Crippen molar-refractivity contribution >= 4 is 21.6 Å². The second kappa shape index (κ2) is 6.68. The maximum Gasteiger partial charge on any atom is 0.241 e. The monoisotopic (exact) mass is 307 g/mol. The van der Waals surface area contributed by atoms with Gasteiger partial charge in [-0.3, -0.25) is 0 Å². The molecule has 3 nitrogen and oxygen atoms in total. The van der Waals surface area contributed by atoms with Gasteiger partial charge in [0.15, 0.2) is 0 Å². The van der Waals surface area contributed by atoms with Gasteiger partial charge in [-0.25, -0.2) is 17.5 Å². The largest absolute Gasteiger partial charge is 0.241 e. The van der Waals surface area contributed by atoms with Crippen molar-refractivity contribution in [2.24, 2.45) is 0 Å². The Bertz CT molecular complexity index is 523. The summed E-state index contributed by atoms with van der Waals surface area (Å²) in [7, 11) is -3.62. The molecule has 0 saturated carbocycles. The molecule has 1 unspecified atom stereocenters. The van der Waals surface area contributed by atoms with Gasteiger partial charge in [0, 0.05) is 11.9 Å². The van der Waals surface area contributed by atoms with Crippen molar-refractivity contribution in [3.8, 4) is 0 Å². The highest BCUT2D eigenvalue weighted by molar-refractivity contribution is 7.89. The van der Waals surface area contributed by atoms with Gasteiger partial charge in [0.25, 0.3) is 0 Å². The molecule has 0 heterocycles. The molecule has 0 aliphatic rings. The number of sulfonamides is 1. The lowest BCUT2D eigenvalue weighted by Gasteiger charge is -2.13. The van der Waals surface area contributed by atoms with E-state index in [4.69, 9.17) is 11.6 Å². The average Bonchev–Trinajstić information content (AvgIpc) is 2.26. The second-order valence-corrected chi connectivity index (χ2v) is 6.88. The fraction of sp³-hybridized carbons (Fsp3) is 0.538. The maximum absolute atomic E-state index is 13.2. The van der Waals surface area contributed by atoms with Gasteiger partial charge in [-0.2, -0.15) is 0 Å². The fourth-order valence-corrected chi connectivity index (χ4v) is 3.55. The van der Waals surface area contributed by atoms with E-state index in [2.05, 4.69) is 4.72 Å². The van der Waals surface area contributed by atoms with E-state index < -0.39 is 15.8 Å². The Hall–Kier alpha value is -0.650. The van der Waals surface area contributed by atoms with Crippen molar-refractivity contribution in [1.82, 2.24) is 4.72 Å². The van der Waals surface area contributed by atoms with Crippen molar-refractivity contribution in [2.75, 3.05) is 6.54 Å². The topological polar surface area (TPSA) is 46.2 Å². The van der Waals surface area contributed by atoms with E-state index >= 15 is 0 Å². The molecule has 1 rings (SSSR count). The smallest absolute Gasteiger partial charge is 0.211 e. The van der Waals surface area contributed by atoms with Crippen LogP contribution in [0.25, 0.3) is 0 Å². The third kappa shape index (κ3) is 4.44. The average molecular weight is 308 g/mol. The van der Waals surface area contributed by atoms with Gasteiger partial charge in [-0.15, -0.1) is 11.6 Å². The van der Waals surface area contributed by atoms with Crippen molar-refractivity contribution in [2.45, 2.75) is 43.9 Å². The number of nitrogens with one attached hydrogen (secondary N) is 1. The van der Waals surface area contributed by atoms with Gasteiger partial charge in [-0.05, 0) is 49.9 Å². The van der Waals surface area contributed by atoms with E-state index in [1.807, 2.05) is 6.92 Å². The Morgan fingerprint density at radius 3 is 2.32 bits per heavy atom. The lowest BCUT2D eigenvalue weighted by Crippen LogP contribution is -2.27. The van der Waals surface area contributed by atoms with Crippen LogP contribution in [0, 0.1) is 19.7 Å². The second-order valence-electron chi connectivity index (χ2n) is 4.56. The van der Waals surface area contributed by atoms with Crippen LogP contribution in [-0.4, -0.2) is 20.3 Å². The van der Waals surface area contributed by atoms with Crippen LogP contribution in [0.3, 0.4) is 0 Å². The molecule has 108 valence electrons. The van der Waals surface area contributed by atoms with Gasteiger partial charge in [0.05, 0.1) is 4.90 Å². The molecule has 6 heteroatoms. The van der Waals surface area contributed by atoms with E-state index in [0.717, 1.165) is 6.42 Å². The molecule has 0 bridgehead atoms. The summed E-state index contributed by atoms with van der Waals surface area (Å²) in [5, 5.41) is -0.0434. The van der Waals surface area contributed by atoms with Crippen LogP contribution in [0.4, 0.5) is 4.39 Å². The van der Waals surface area contributed by atoms with E-state index in [1.165, 1.54) is 12.1 Å². The molecule has 1 N–H and O–H groups in total. The molecule has 1 aromatic rings. The van der Waals surface area contributed by atoms with Crippen LogP contribution in [0.15, 0.2) is 17.0 Å². The van der Waals surface area contributed by atoms with Crippen LogP contribution >= 0.6 is 11.6 Å². The molecule has 0 aromatic heterocycles. The Kier molecular flexibility index (Phi) is 5.77. The number of aryl methyl sites for hydroxylation is 2. The SMILES string of the molecule is CCC(Cl)CCNS(=O)(=O)c1c(C)cc(F)cc1C. The Morgan fingerprint density at radius 2 is 1.84 bits per heavy atom. The molecule has 0 aliphatic carbocycles. The maximum atomic E-state index is 13.2. The number of hydrogen-bond acceptors (Lipinski definition) is 2. The standard InChI is InChI=1S/C13H19ClFNO2S/c1-4-11(14)5-6-16-19(17,18)13-9(2)7-12(15)8-10(13)3/h7-8,11,16H,4-6H2,1-3H3. The zero-order valence-corrected chi connectivity index (χ0v) is 12.9. The minimum absolute atomic E-state index is 0.0434.